The summed E-state index contributed by atoms with van der Waals surface area (Å²) in [7, 11) is 0. The zero-order valence-corrected chi connectivity index (χ0v) is 12.1. The van der Waals surface area contributed by atoms with Crippen LogP contribution < -0.4 is 0 Å². The van der Waals surface area contributed by atoms with E-state index in [2.05, 4.69) is 19.1 Å². The summed E-state index contributed by atoms with van der Waals surface area (Å²) in [6.07, 6.45) is 1.56. The molecule has 100 valence electrons. The summed E-state index contributed by atoms with van der Waals surface area (Å²) < 4.78 is 0. The molecule has 1 nitrogen and oxygen atoms in total. The third-order valence-electron chi connectivity index (χ3n) is 3.33. The van der Waals surface area contributed by atoms with E-state index in [1.807, 2.05) is 37.3 Å². The number of aryl methyl sites for hydroxylation is 2. The SMILES string of the molecule is CCCc1cccc(C(O)c2ccc(Cl)cc2C)c1. The van der Waals surface area contributed by atoms with Gasteiger partial charge in [0.05, 0.1) is 0 Å². The number of rotatable bonds is 4. The van der Waals surface area contributed by atoms with Crippen LogP contribution in [-0.4, -0.2) is 5.11 Å². The molecule has 0 aliphatic heterocycles. The number of aliphatic hydroxyl groups excluding tert-OH is 1. The maximum absolute atomic E-state index is 10.5. The molecule has 1 unspecified atom stereocenters. The third kappa shape index (κ3) is 3.37. The molecule has 1 N–H and O–H groups in total. The fourth-order valence-corrected chi connectivity index (χ4v) is 2.56. The van der Waals surface area contributed by atoms with E-state index in [-0.39, 0.29) is 0 Å². The van der Waals surface area contributed by atoms with Gasteiger partial charge in [0, 0.05) is 5.02 Å². The van der Waals surface area contributed by atoms with E-state index in [9.17, 15) is 5.11 Å². The molecule has 1 atom stereocenters. The van der Waals surface area contributed by atoms with E-state index in [1.165, 1.54) is 5.56 Å². The van der Waals surface area contributed by atoms with Gasteiger partial charge in [0.1, 0.15) is 6.10 Å². The summed E-state index contributed by atoms with van der Waals surface area (Å²) in [5.74, 6) is 0. The molecular formula is C17H19ClO. The Balaban J connectivity index is 2.32. The normalized spacial score (nSPS) is 12.4. The number of hydrogen-bond donors (Lipinski definition) is 1. The molecule has 0 amide bonds. The van der Waals surface area contributed by atoms with Gasteiger partial charge in [-0.2, -0.15) is 0 Å². The summed E-state index contributed by atoms with van der Waals surface area (Å²) in [6, 6.07) is 13.8. The van der Waals surface area contributed by atoms with Crippen LogP contribution in [0.5, 0.6) is 0 Å². The van der Waals surface area contributed by atoms with Crippen molar-refractivity contribution < 1.29 is 5.11 Å². The highest BCUT2D eigenvalue weighted by molar-refractivity contribution is 6.30. The van der Waals surface area contributed by atoms with Crippen LogP contribution in [0.4, 0.5) is 0 Å². The average molecular weight is 275 g/mol. The fraction of sp³-hybridized carbons (Fsp3) is 0.294. The molecule has 0 saturated heterocycles. The first-order chi connectivity index (χ1) is 9.11. The zero-order chi connectivity index (χ0) is 13.8. The fourth-order valence-electron chi connectivity index (χ4n) is 2.33. The van der Waals surface area contributed by atoms with Gasteiger partial charge in [-0.3, -0.25) is 0 Å². The molecule has 0 spiro atoms. The smallest absolute Gasteiger partial charge is 0.104 e. The van der Waals surface area contributed by atoms with Crippen LogP contribution in [0.25, 0.3) is 0 Å². The summed E-state index contributed by atoms with van der Waals surface area (Å²) in [5.41, 5.74) is 4.14. The molecule has 2 aromatic rings. The molecule has 0 saturated carbocycles. The number of benzene rings is 2. The van der Waals surface area contributed by atoms with Gasteiger partial charge in [0.25, 0.3) is 0 Å². The molecule has 0 heterocycles. The molecule has 0 aliphatic rings. The van der Waals surface area contributed by atoms with Gasteiger partial charge < -0.3 is 5.11 Å². The largest absolute Gasteiger partial charge is 0.384 e. The van der Waals surface area contributed by atoms with Crippen LogP contribution in [0.15, 0.2) is 42.5 Å². The summed E-state index contributed by atoms with van der Waals surface area (Å²) >= 11 is 5.95. The van der Waals surface area contributed by atoms with Crippen molar-refractivity contribution >= 4 is 11.6 Å². The lowest BCUT2D eigenvalue weighted by Crippen LogP contribution is -2.02. The molecule has 0 bridgehead atoms. The van der Waals surface area contributed by atoms with Crippen LogP contribution >= 0.6 is 11.6 Å². The van der Waals surface area contributed by atoms with Gasteiger partial charge in [0.15, 0.2) is 0 Å². The zero-order valence-electron chi connectivity index (χ0n) is 11.4. The van der Waals surface area contributed by atoms with Crippen LogP contribution in [0.3, 0.4) is 0 Å². The van der Waals surface area contributed by atoms with E-state index in [0.717, 1.165) is 29.5 Å². The van der Waals surface area contributed by atoms with Crippen molar-refractivity contribution in [2.24, 2.45) is 0 Å². The van der Waals surface area contributed by atoms with Crippen LogP contribution in [-0.2, 0) is 6.42 Å². The molecule has 2 aromatic carbocycles. The van der Waals surface area contributed by atoms with E-state index >= 15 is 0 Å². The molecule has 0 aromatic heterocycles. The summed E-state index contributed by atoms with van der Waals surface area (Å²) in [4.78, 5) is 0. The molecular weight excluding hydrogens is 256 g/mol. The van der Waals surface area contributed by atoms with Crippen molar-refractivity contribution in [1.82, 2.24) is 0 Å². The minimum absolute atomic E-state index is 0.589. The van der Waals surface area contributed by atoms with Gasteiger partial charge >= 0.3 is 0 Å². The Morgan fingerprint density at radius 3 is 2.63 bits per heavy atom. The maximum Gasteiger partial charge on any atom is 0.104 e. The van der Waals surface area contributed by atoms with Gasteiger partial charge in [-0.25, -0.2) is 0 Å². The average Bonchev–Trinajstić information content (AvgIpc) is 2.39. The van der Waals surface area contributed by atoms with Gasteiger partial charge in [-0.1, -0.05) is 55.3 Å². The van der Waals surface area contributed by atoms with Crippen LogP contribution in [0, 0.1) is 6.92 Å². The lowest BCUT2D eigenvalue weighted by atomic mass is 9.95. The first-order valence-corrected chi connectivity index (χ1v) is 7.02. The molecule has 2 rings (SSSR count). The monoisotopic (exact) mass is 274 g/mol. The minimum Gasteiger partial charge on any atom is -0.384 e. The van der Waals surface area contributed by atoms with Crippen LogP contribution in [0.2, 0.25) is 5.02 Å². The standard InChI is InChI=1S/C17H19ClO/c1-3-5-13-6-4-7-14(11-13)17(19)16-9-8-15(18)10-12(16)2/h4,6-11,17,19H,3,5H2,1-2H3. The lowest BCUT2D eigenvalue weighted by molar-refractivity contribution is 0.219. The first kappa shape index (κ1) is 14.1. The Bertz CT molecular complexity index is 563. The second kappa shape index (κ2) is 6.23. The highest BCUT2D eigenvalue weighted by Gasteiger charge is 2.13. The Labute approximate surface area is 119 Å². The Morgan fingerprint density at radius 1 is 1.16 bits per heavy atom. The number of hydrogen-bond acceptors (Lipinski definition) is 1. The van der Waals surface area contributed by atoms with Crippen LogP contribution in [0.1, 0.15) is 41.7 Å². The van der Waals surface area contributed by atoms with E-state index in [0.29, 0.717) is 5.02 Å². The van der Waals surface area contributed by atoms with Gasteiger partial charge in [-0.15, -0.1) is 0 Å². The van der Waals surface area contributed by atoms with Crippen molar-refractivity contribution in [2.45, 2.75) is 32.8 Å². The highest BCUT2D eigenvalue weighted by atomic mass is 35.5. The maximum atomic E-state index is 10.5. The first-order valence-electron chi connectivity index (χ1n) is 6.64. The molecule has 19 heavy (non-hydrogen) atoms. The van der Waals surface area contributed by atoms with Crippen molar-refractivity contribution in [3.05, 3.63) is 69.7 Å². The molecule has 0 fully saturated rings. The second-order valence-corrected chi connectivity index (χ2v) is 5.33. The number of aliphatic hydroxyl groups is 1. The minimum atomic E-state index is -0.589. The predicted octanol–water partition coefficient (Wildman–Crippen LogP) is 4.68. The van der Waals surface area contributed by atoms with E-state index in [4.69, 9.17) is 11.6 Å². The second-order valence-electron chi connectivity index (χ2n) is 4.90. The summed E-state index contributed by atoms with van der Waals surface area (Å²) in [6.45, 7) is 4.13. The third-order valence-corrected chi connectivity index (χ3v) is 3.57. The Kier molecular flexibility index (Phi) is 4.62. The Morgan fingerprint density at radius 2 is 1.95 bits per heavy atom. The Hall–Kier alpha value is -1.31. The number of halogens is 1. The summed E-state index contributed by atoms with van der Waals surface area (Å²) in [5, 5.41) is 11.2. The molecule has 0 radical (unpaired) electrons. The van der Waals surface area contributed by atoms with E-state index < -0.39 is 6.10 Å². The highest BCUT2D eigenvalue weighted by Crippen LogP contribution is 2.27. The van der Waals surface area contributed by atoms with Gasteiger partial charge in [0.2, 0.25) is 0 Å². The predicted molar refractivity (Wildman–Crippen MR) is 80.7 cm³/mol. The van der Waals surface area contributed by atoms with Crippen molar-refractivity contribution in [3.63, 3.8) is 0 Å². The quantitative estimate of drug-likeness (QED) is 0.858. The molecule has 2 heteroatoms. The topological polar surface area (TPSA) is 20.2 Å². The van der Waals surface area contributed by atoms with Crippen molar-refractivity contribution in [2.75, 3.05) is 0 Å². The van der Waals surface area contributed by atoms with Crippen molar-refractivity contribution in [1.29, 1.82) is 0 Å². The van der Waals surface area contributed by atoms with Gasteiger partial charge in [-0.05, 0) is 47.7 Å². The lowest BCUT2D eigenvalue weighted by Gasteiger charge is -2.15. The van der Waals surface area contributed by atoms with Crippen molar-refractivity contribution in [3.8, 4) is 0 Å². The van der Waals surface area contributed by atoms with E-state index in [1.54, 1.807) is 0 Å². The molecule has 0 aliphatic carbocycles.